The molecule has 1 aromatic heterocycles. The topological polar surface area (TPSA) is 49.3 Å². The van der Waals surface area contributed by atoms with E-state index in [0.29, 0.717) is 11.8 Å². The van der Waals surface area contributed by atoms with E-state index in [9.17, 15) is 4.79 Å². The molecule has 0 N–H and O–H groups in total. The number of nitrogens with zero attached hydrogens (tertiary/aromatic N) is 4. The van der Waals surface area contributed by atoms with Crippen LogP contribution in [-0.2, 0) is 0 Å². The first-order valence-corrected chi connectivity index (χ1v) is 10.3. The Balaban J connectivity index is 1.36. The van der Waals surface area contributed by atoms with Gasteiger partial charge in [0.1, 0.15) is 0 Å². The van der Waals surface area contributed by atoms with Gasteiger partial charge in [0.15, 0.2) is 0 Å². The summed E-state index contributed by atoms with van der Waals surface area (Å²) in [5, 5.41) is 2.18. The molecular weight excluding hydrogens is 360 g/mol. The Labute approximate surface area is 171 Å². The van der Waals surface area contributed by atoms with Gasteiger partial charge < -0.3 is 9.80 Å². The molecule has 0 radical (unpaired) electrons. The summed E-state index contributed by atoms with van der Waals surface area (Å²) in [6.07, 6.45) is 0. The van der Waals surface area contributed by atoms with Crippen molar-refractivity contribution in [3.63, 3.8) is 0 Å². The number of aromatic nitrogens is 2. The van der Waals surface area contributed by atoms with Crippen LogP contribution >= 0.6 is 0 Å². The molecule has 3 heterocycles. The van der Waals surface area contributed by atoms with Crippen molar-refractivity contribution < 1.29 is 4.79 Å². The van der Waals surface area contributed by atoms with Gasteiger partial charge in [-0.1, -0.05) is 36.4 Å². The Morgan fingerprint density at radius 2 is 1.55 bits per heavy atom. The van der Waals surface area contributed by atoms with Crippen LogP contribution in [0.1, 0.15) is 27.3 Å². The van der Waals surface area contributed by atoms with Crippen LogP contribution in [-0.4, -0.2) is 47.0 Å². The first-order chi connectivity index (χ1) is 14.0. The number of hydrogen-bond donors (Lipinski definition) is 0. The third kappa shape index (κ3) is 3.15. The van der Waals surface area contributed by atoms with Gasteiger partial charge in [-0.25, -0.2) is 9.97 Å². The number of hydrogen-bond acceptors (Lipinski definition) is 4. The zero-order valence-corrected chi connectivity index (χ0v) is 17.2. The Hall–Kier alpha value is -2.95. The van der Waals surface area contributed by atoms with Crippen molar-refractivity contribution in [3.05, 3.63) is 65.0 Å². The Bertz CT molecular complexity index is 1070. The maximum absolute atomic E-state index is 13.4. The fourth-order valence-corrected chi connectivity index (χ4v) is 4.99. The standard InChI is InChI=1S/C24H26N4O/c1-15-8-9-18-6-4-5-7-21(18)22(15)23(29)27-11-19-13-28(14-20(19)12-27)24-25-16(2)10-17(3)26-24/h4-10,19-20H,11-14H2,1-3H3/t19-,20+. The summed E-state index contributed by atoms with van der Waals surface area (Å²) in [4.78, 5) is 27.0. The molecule has 148 valence electrons. The number of rotatable bonds is 2. The second kappa shape index (κ2) is 6.83. The van der Waals surface area contributed by atoms with Crippen molar-refractivity contribution in [3.8, 4) is 0 Å². The molecule has 3 aromatic rings. The molecule has 0 saturated carbocycles. The lowest BCUT2D eigenvalue weighted by Crippen LogP contribution is -2.34. The molecule has 0 bridgehead atoms. The van der Waals surface area contributed by atoms with Crippen LogP contribution in [0, 0.1) is 32.6 Å². The highest BCUT2D eigenvalue weighted by atomic mass is 16.2. The molecule has 2 aromatic carbocycles. The summed E-state index contributed by atoms with van der Waals surface area (Å²) >= 11 is 0. The van der Waals surface area contributed by atoms with E-state index in [2.05, 4.69) is 44.0 Å². The largest absolute Gasteiger partial charge is 0.340 e. The van der Waals surface area contributed by atoms with Crippen molar-refractivity contribution >= 4 is 22.6 Å². The predicted molar refractivity (Wildman–Crippen MR) is 115 cm³/mol. The monoisotopic (exact) mass is 386 g/mol. The summed E-state index contributed by atoms with van der Waals surface area (Å²) < 4.78 is 0. The molecule has 2 atom stereocenters. The fourth-order valence-electron chi connectivity index (χ4n) is 4.99. The third-order valence-corrected chi connectivity index (χ3v) is 6.38. The van der Waals surface area contributed by atoms with E-state index < -0.39 is 0 Å². The smallest absolute Gasteiger partial charge is 0.254 e. The van der Waals surface area contributed by atoms with Crippen LogP contribution in [0.4, 0.5) is 5.95 Å². The van der Waals surface area contributed by atoms with Crippen LogP contribution < -0.4 is 4.90 Å². The molecule has 2 aliphatic rings. The van der Waals surface area contributed by atoms with E-state index in [1.165, 1.54) is 0 Å². The molecule has 0 unspecified atom stereocenters. The highest BCUT2D eigenvalue weighted by Crippen LogP contribution is 2.34. The Morgan fingerprint density at radius 1 is 0.897 bits per heavy atom. The van der Waals surface area contributed by atoms with Crippen LogP contribution in [0.15, 0.2) is 42.5 Å². The number of aryl methyl sites for hydroxylation is 3. The molecule has 29 heavy (non-hydrogen) atoms. The molecule has 2 saturated heterocycles. The van der Waals surface area contributed by atoms with Crippen molar-refractivity contribution in [2.45, 2.75) is 20.8 Å². The van der Waals surface area contributed by atoms with Crippen LogP contribution in [0.5, 0.6) is 0 Å². The summed E-state index contributed by atoms with van der Waals surface area (Å²) in [6, 6.07) is 14.3. The maximum Gasteiger partial charge on any atom is 0.254 e. The zero-order chi connectivity index (χ0) is 20.1. The molecule has 2 fully saturated rings. The highest BCUT2D eigenvalue weighted by molar-refractivity contribution is 6.08. The third-order valence-electron chi connectivity index (χ3n) is 6.38. The van der Waals surface area contributed by atoms with E-state index in [4.69, 9.17) is 0 Å². The first kappa shape index (κ1) is 18.1. The average Bonchev–Trinajstić information content (AvgIpc) is 3.26. The van der Waals surface area contributed by atoms with Gasteiger partial charge >= 0.3 is 0 Å². The Morgan fingerprint density at radius 3 is 2.24 bits per heavy atom. The molecule has 5 rings (SSSR count). The predicted octanol–water partition coefficient (Wildman–Crippen LogP) is 3.76. The summed E-state index contributed by atoms with van der Waals surface area (Å²) in [5.74, 6) is 1.97. The fraction of sp³-hybridized carbons (Fsp3) is 0.375. The van der Waals surface area contributed by atoms with Crippen LogP contribution in [0.2, 0.25) is 0 Å². The molecule has 1 amide bonds. The number of amides is 1. The van der Waals surface area contributed by atoms with Gasteiger partial charge in [0, 0.05) is 49.4 Å². The lowest BCUT2D eigenvalue weighted by Gasteiger charge is -2.23. The van der Waals surface area contributed by atoms with Gasteiger partial charge in [0.25, 0.3) is 5.91 Å². The van der Waals surface area contributed by atoms with Crippen molar-refractivity contribution in [1.29, 1.82) is 0 Å². The minimum atomic E-state index is 0.169. The average molecular weight is 386 g/mol. The number of fused-ring (bicyclic) bond motifs is 2. The SMILES string of the molecule is Cc1cc(C)nc(N2C[C@H]3CN(C(=O)c4c(C)ccc5ccccc45)C[C@H]3C2)n1. The van der Waals surface area contributed by atoms with Gasteiger partial charge in [0.05, 0.1) is 5.56 Å². The quantitative estimate of drug-likeness (QED) is 0.673. The maximum atomic E-state index is 13.4. The van der Waals surface area contributed by atoms with Crippen molar-refractivity contribution in [2.24, 2.45) is 11.8 Å². The minimum Gasteiger partial charge on any atom is -0.340 e. The van der Waals surface area contributed by atoms with Gasteiger partial charge in [-0.15, -0.1) is 0 Å². The van der Waals surface area contributed by atoms with E-state index in [0.717, 1.165) is 65.4 Å². The van der Waals surface area contributed by atoms with Crippen molar-refractivity contribution in [2.75, 3.05) is 31.1 Å². The van der Waals surface area contributed by atoms with E-state index >= 15 is 0 Å². The lowest BCUT2D eigenvalue weighted by atomic mass is 9.99. The van der Waals surface area contributed by atoms with Gasteiger partial charge in [-0.05, 0) is 43.2 Å². The summed E-state index contributed by atoms with van der Waals surface area (Å²) in [5.41, 5.74) is 3.93. The normalized spacial score (nSPS) is 21.1. The molecule has 5 heteroatoms. The number of likely N-dealkylation sites (tertiary alicyclic amines) is 1. The number of benzene rings is 2. The number of carbonyl (C=O) groups excluding carboxylic acids is 1. The highest BCUT2D eigenvalue weighted by Gasteiger charge is 2.42. The summed E-state index contributed by atoms with van der Waals surface area (Å²) in [6.45, 7) is 9.54. The van der Waals surface area contributed by atoms with E-state index in [1.54, 1.807) is 0 Å². The first-order valence-electron chi connectivity index (χ1n) is 10.3. The molecule has 5 nitrogen and oxygen atoms in total. The van der Waals surface area contributed by atoms with Crippen molar-refractivity contribution in [1.82, 2.24) is 14.9 Å². The van der Waals surface area contributed by atoms with Gasteiger partial charge in [-0.2, -0.15) is 0 Å². The second-order valence-corrected chi connectivity index (χ2v) is 8.56. The van der Waals surface area contributed by atoms with Gasteiger partial charge in [-0.3, -0.25) is 4.79 Å². The number of anilines is 1. The van der Waals surface area contributed by atoms with Crippen LogP contribution in [0.25, 0.3) is 10.8 Å². The summed E-state index contributed by atoms with van der Waals surface area (Å²) in [7, 11) is 0. The molecule has 0 spiro atoms. The zero-order valence-electron chi connectivity index (χ0n) is 17.2. The van der Waals surface area contributed by atoms with Crippen LogP contribution in [0.3, 0.4) is 0 Å². The van der Waals surface area contributed by atoms with E-state index in [1.807, 2.05) is 39.0 Å². The van der Waals surface area contributed by atoms with E-state index in [-0.39, 0.29) is 5.91 Å². The van der Waals surface area contributed by atoms with Gasteiger partial charge in [0.2, 0.25) is 5.95 Å². The lowest BCUT2D eigenvalue weighted by molar-refractivity contribution is 0.0784. The number of carbonyl (C=O) groups is 1. The minimum absolute atomic E-state index is 0.169. The molecular formula is C24H26N4O. The second-order valence-electron chi connectivity index (χ2n) is 8.56. The molecule has 2 aliphatic heterocycles. The molecule has 0 aliphatic carbocycles. The Kier molecular flexibility index (Phi) is 4.26.